The van der Waals surface area contributed by atoms with E-state index in [1.807, 2.05) is 29.6 Å². The summed E-state index contributed by atoms with van der Waals surface area (Å²) in [6.45, 7) is 0. The molecule has 0 radical (unpaired) electrons. The van der Waals surface area contributed by atoms with Gasteiger partial charge in [0.25, 0.3) is 5.56 Å². The fraction of sp³-hybridized carbons (Fsp3) is 0.133. The second kappa shape index (κ2) is 4.41. The molecule has 0 atom stereocenters. The minimum Gasteiger partial charge on any atom is -0.332 e. The zero-order chi connectivity index (χ0) is 15.4. The van der Waals surface area contributed by atoms with E-state index in [1.54, 1.807) is 18.4 Å². The third-order valence-corrected chi connectivity index (χ3v) is 4.79. The number of aromatic amines is 1. The fourth-order valence-corrected chi connectivity index (χ4v) is 3.56. The lowest BCUT2D eigenvalue weighted by atomic mass is 10.2. The smallest absolute Gasteiger partial charge is 0.332 e. The third kappa shape index (κ3) is 1.62. The molecule has 110 valence electrons. The highest BCUT2D eigenvalue weighted by atomic mass is 32.1. The number of nitrogens with zero attached hydrogens (tertiary/aromatic N) is 3. The van der Waals surface area contributed by atoms with Gasteiger partial charge in [-0.2, -0.15) is 0 Å². The second-order valence-electron chi connectivity index (χ2n) is 5.14. The number of thiophene rings is 1. The molecule has 0 saturated carbocycles. The Balaban J connectivity index is 2.09. The zero-order valence-corrected chi connectivity index (χ0v) is 12.8. The maximum Gasteiger partial charge on any atom is 0.332 e. The molecule has 0 aliphatic rings. The summed E-state index contributed by atoms with van der Waals surface area (Å²) < 4.78 is 3.61. The molecule has 0 fully saturated rings. The van der Waals surface area contributed by atoms with Crippen molar-refractivity contribution < 1.29 is 0 Å². The Kier molecular flexibility index (Phi) is 2.61. The molecule has 4 aromatic rings. The minimum absolute atomic E-state index is 0.342. The van der Waals surface area contributed by atoms with E-state index < -0.39 is 0 Å². The number of hydrogen-bond donors (Lipinski definition) is 1. The molecule has 1 aromatic carbocycles. The van der Waals surface area contributed by atoms with Crippen LogP contribution in [0.15, 0.2) is 39.2 Å². The molecule has 1 N–H and O–H groups in total. The molecule has 4 rings (SSSR count). The van der Waals surface area contributed by atoms with E-state index in [0.717, 1.165) is 20.2 Å². The molecule has 0 spiro atoms. The summed E-state index contributed by atoms with van der Waals surface area (Å²) in [5, 5.41) is 3.08. The van der Waals surface area contributed by atoms with Crippen molar-refractivity contribution in [1.82, 2.24) is 19.1 Å². The molecule has 0 aliphatic heterocycles. The van der Waals surface area contributed by atoms with Gasteiger partial charge in [0.1, 0.15) is 11.3 Å². The second-order valence-corrected chi connectivity index (χ2v) is 6.05. The van der Waals surface area contributed by atoms with E-state index in [2.05, 4.69) is 9.97 Å². The summed E-state index contributed by atoms with van der Waals surface area (Å²) in [6, 6.07) is 8.02. The Labute approximate surface area is 128 Å². The number of aromatic nitrogens is 4. The lowest BCUT2D eigenvalue weighted by Gasteiger charge is -2.00. The highest BCUT2D eigenvalue weighted by Crippen LogP contribution is 2.32. The number of rotatable bonds is 1. The number of imidazole rings is 1. The predicted molar refractivity (Wildman–Crippen MR) is 87.4 cm³/mol. The van der Waals surface area contributed by atoms with Crippen LogP contribution in [-0.4, -0.2) is 19.1 Å². The molecule has 3 aromatic heterocycles. The molecule has 6 nitrogen and oxygen atoms in total. The van der Waals surface area contributed by atoms with Gasteiger partial charge in [-0.05, 0) is 6.07 Å². The number of benzene rings is 1. The van der Waals surface area contributed by atoms with Gasteiger partial charge in [-0.3, -0.25) is 13.9 Å². The Bertz CT molecular complexity index is 1150. The van der Waals surface area contributed by atoms with Crippen LogP contribution in [0.25, 0.3) is 32.6 Å². The van der Waals surface area contributed by atoms with Crippen LogP contribution in [0.5, 0.6) is 0 Å². The third-order valence-electron chi connectivity index (χ3n) is 3.83. The predicted octanol–water partition coefficient (Wildman–Crippen LogP) is 1.84. The molecule has 0 amide bonds. The van der Waals surface area contributed by atoms with Gasteiger partial charge < -0.3 is 4.98 Å². The van der Waals surface area contributed by atoms with Crippen molar-refractivity contribution >= 4 is 32.6 Å². The Morgan fingerprint density at radius 1 is 1.14 bits per heavy atom. The summed E-state index contributed by atoms with van der Waals surface area (Å²) in [6.07, 6.45) is 0. The van der Waals surface area contributed by atoms with Gasteiger partial charge in [0.2, 0.25) is 0 Å². The van der Waals surface area contributed by atoms with Gasteiger partial charge in [0.15, 0.2) is 5.65 Å². The van der Waals surface area contributed by atoms with Gasteiger partial charge >= 0.3 is 5.69 Å². The fourth-order valence-electron chi connectivity index (χ4n) is 2.61. The number of aryl methyl sites for hydroxylation is 1. The van der Waals surface area contributed by atoms with Crippen LogP contribution < -0.4 is 11.2 Å². The quantitative estimate of drug-likeness (QED) is 0.583. The van der Waals surface area contributed by atoms with Crippen molar-refractivity contribution in [1.29, 1.82) is 0 Å². The summed E-state index contributed by atoms with van der Waals surface area (Å²) in [7, 11) is 3.07. The van der Waals surface area contributed by atoms with Crippen LogP contribution in [-0.2, 0) is 14.1 Å². The summed E-state index contributed by atoms with van der Waals surface area (Å²) >= 11 is 1.62. The van der Waals surface area contributed by atoms with Crippen LogP contribution in [0.2, 0.25) is 0 Å². The molecular formula is C15H12N4O2S. The minimum atomic E-state index is -0.384. The highest BCUT2D eigenvalue weighted by molar-refractivity contribution is 7.17. The van der Waals surface area contributed by atoms with Crippen molar-refractivity contribution in [2.45, 2.75) is 0 Å². The van der Waals surface area contributed by atoms with Gasteiger partial charge in [-0.15, -0.1) is 11.3 Å². The Hall–Kier alpha value is -2.67. The summed E-state index contributed by atoms with van der Waals surface area (Å²) in [4.78, 5) is 31.8. The number of H-pyrrole nitrogens is 1. The van der Waals surface area contributed by atoms with E-state index in [4.69, 9.17) is 0 Å². The van der Waals surface area contributed by atoms with Gasteiger partial charge in [-0.25, -0.2) is 9.78 Å². The van der Waals surface area contributed by atoms with Crippen LogP contribution >= 0.6 is 11.3 Å². The van der Waals surface area contributed by atoms with Gasteiger partial charge in [0.05, 0.1) is 0 Å². The molecule has 7 heteroatoms. The number of hydrogen-bond acceptors (Lipinski definition) is 4. The lowest BCUT2D eigenvalue weighted by molar-refractivity contribution is 0.709. The van der Waals surface area contributed by atoms with Crippen LogP contribution in [0, 0.1) is 0 Å². The van der Waals surface area contributed by atoms with Gasteiger partial charge in [0, 0.05) is 35.1 Å². The molecule has 22 heavy (non-hydrogen) atoms. The van der Waals surface area contributed by atoms with Crippen molar-refractivity contribution in [2.75, 3.05) is 0 Å². The average molecular weight is 312 g/mol. The van der Waals surface area contributed by atoms with Crippen LogP contribution in [0.1, 0.15) is 0 Å². The Morgan fingerprint density at radius 2 is 1.91 bits per heavy atom. The first-order valence-electron chi connectivity index (χ1n) is 6.70. The van der Waals surface area contributed by atoms with E-state index in [9.17, 15) is 9.59 Å². The van der Waals surface area contributed by atoms with E-state index in [-0.39, 0.29) is 11.2 Å². The zero-order valence-electron chi connectivity index (χ0n) is 12.0. The molecule has 0 aliphatic carbocycles. The van der Waals surface area contributed by atoms with Crippen molar-refractivity contribution in [3.05, 3.63) is 50.5 Å². The number of fused-ring (bicyclic) bond motifs is 2. The van der Waals surface area contributed by atoms with E-state index in [0.29, 0.717) is 17.0 Å². The van der Waals surface area contributed by atoms with Crippen molar-refractivity contribution in [3.8, 4) is 11.4 Å². The van der Waals surface area contributed by atoms with Crippen LogP contribution in [0.3, 0.4) is 0 Å². The van der Waals surface area contributed by atoms with E-state index >= 15 is 0 Å². The normalized spacial score (nSPS) is 11.5. The monoisotopic (exact) mass is 312 g/mol. The molecule has 3 heterocycles. The first kappa shape index (κ1) is 13.0. The molecular weight excluding hydrogens is 300 g/mol. The first-order valence-corrected chi connectivity index (χ1v) is 7.58. The SMILES string of the molecule is Cn1c(=O)c2[nH]c(-c3csc4ccccc34)nc2n(C)c1=O. The maximum absolute atomic E-state index is 12.2. The lowest BCUT2D eigenvalue weighted by Crippen LogP contribution is -2.36. The summed E-state index contributed by atoms with van der Waals surface area (Å²) in [5.41, 5.74) is 0.904. The topological polar surface area (TPSA) is 72.7 Å². The maximum atomic E-state index is 12.2. The van der Waals surface area contributed by atoms with Crippen molar-refractivity contribution in [2.24, 2.45) is 14.1 Å². The molecule has 0 saturated heterocycles. The molecule has 0 bridgehead atoms. The Morgan fingerprint density at radius 3 is 2.73 bits per heavy atom. The largest absolute Gasteiger partial charge is 0.332 e. The number of nitrogens with one attached hydrogen (secondary N) is 1. The highest BCUT2D eigenvalue weighted by Gasteiger charge is 2.16. The van der Waals surface area contributed by atoms with Crippen molar-refractivity contribution in [3.63, 3.8) is 0 Å². The standard InChI is InChI=1S/C15H12N4O2S/c1-18-13-11(14(20)19(2)15(18)21)16-12(17-13)9-7-22-10-6-4-3-5-8(9)10/h3-7H,1-2H3,(H,16,17). The summed E-state index contributed by atoms with van der Waals surface area (Å²) in [5.74, 6) is 0.603. The first-order chi connectivity index (χ1) is 10.6. The molecule has 0 unspecified atom stereocenters. The average Bonchev–Trinajstić information content (AvgIpc) is 3.14. The van der Waals surface area contributed by atoms with Gasteiger partial charge in [-0.1, -0.05) is 18.2 Å². The van der Waals surface area contributed by atoms with E-state index in [1.165, 1.54) is 11.6 Å². The van der Waals surface area contributed by atoms with Crippen LogP contribution in [0.4, 0.5) is 0 Å².